The smallest absolute Gasteiger partial charge is 0.338 e. The third kappa shape index (κ3) is 8.69. The number of aliphatic hydroxyl groups is 3. The monoisotopic (exact) mass is 396 g/mol. The van der Waals surface area contributed by atoms with E-state index in [2.05, 4.69) is 6.92 Å². The van der Waals surface area contributed by atoms with E-state index in [-0.39, 0.29) is 19.8 Å². The van der Waals surface area contributed by atoms with Crippen LogP contribution in [-0.4, -0.2) is 53.8 Å². The van der Waals surface area contributed by atoms with Gasteiger partial charge in [0.1, 0.15) is 0 Å². The number of rotatable bonds is 16. The van der Waals surface area contributed by atoms with Crippen molar-refractivity contribution in [1.82, 2.24) is 0 Å². The van der Waals surface area contributed by atoms with Gasteiger partial charge in [-0.05, 0) is 18.4 Å². The maximum Gasteiger partial charge on any atom is 0.338 e. The molecule has 160 valence electrons. The number of hydrogen-bond acceptors (Lipinski definition) is 6. The molecule has 0 saturated carbocycles. The number of carbonyl (C=O) groups excluding carboxylic acids is 1. The van der Waals surface area contributed by atoms with Gasteiger partial charge in [-0.15, -0.1) is 0 Å². The first kappa shape index (κ1) is 24.6. The number of ether oxygens (including phenoxy) is 2. The third-order valence-electron chi connectivity index (χ3n) is 4.80. The molecule has 0 radical (unpaired) electrons. The quantitative estimate of drug-likeness (QED) is 0.294. The van der Waals surface area contributed by atoms with Crippen LogP contribution in [0.3, 0.4) is 0 Å². The molecule has 1 aromatic rings. The minimum atomic E-state index is -1.59. The summed E-state index contributed by atoms with van der Waals surface area (Å²) in [6.07, 6.45) is 6.81. The summed E-state index contributed by atoms with van der Waals surface area (Å²) in [4.78, 5) is 12.3. The molecule has 3 N–H and O–H groups in total. The highest BCUT2D eigenvalue weighted by Gasteiger charge is 2.38. The number of unbranched alkanes of at least 4 members (excludes halogenated alkanes) is 6. The highest BCUT2D eigenvalue weighted by molar-refractivity contribution is 5.75. The number of hydrogen-bond donors (Lipinski definition) is 3. The van der Waals surface area contributed by atoms with Crippen LogP contribution in [0.15, 0.2) is 30.3 Å². The van der Waals surface area contributed by atoms with Gasteiger partial charge < -0.3 is 24.8 Å². The average molecular weight is 397 g/mol. The van der Waals surface area contributed by atoms with Gasteiger partial charge in [-0.1, -0.05) is 75.8 Å². The SMILES string of the molecule is CCCCCCCCCC(COCCO)(OC(=O)C(O)CO)c1ccccc1. The molecule has 0 amide bonds. The van der Waals surface area contributed by atoms with E-state index >= 15 is 0 Å². The van der Waals surface area contributed by atoms with Crippen LogP contribution in [0.5, 0.6) is 0 Å². The van der Waals surface area contributed by atoms with Gasteiger partial charge in [0.15, 0.2) is 11.7 Å². The van der Waals surface area contributed by atoms with Gasteiger partial charge in [0.05, 0.1) is 26.4 Å². The Balaban J connectivity index is 2.88. The van der Waals surface area contributed by atoms with Crippen molar-refractivity contribution < 1.29 is 29.6 Å². The summed E-state index contributed by atoms with van der Waals surface area (Å²) in [5.41, 5.74) is -0.287. The molecule has 0 aliphatic carbocycles. The van der Waals surface area contributed by atoms with Gasteiger partial charge in [-0.25, -0.2) is 4.79 Å². The molecular weight excluding hydrogens is 360 g/mol. The molecule has 0 aromatic heterocycles. The van der Waals surface area contributed by atoms with E-state index in [0.717, 1.165) is 24.8 Å². The normalized spacial score (nSPS) is 14.4. The number of aliphatic hydroxyl groups excluding tert-OH is 3. The first-order valence-electron chi connectivity index (χ1n) is 10.4. The highest BCUT2D eigenvalue weighted by atomic mass is 16.6. The summed E-state index contributed by atoms with van der Waals surface area (Å²) in [6.45, 7) is 1.58. The summed E-state index contributed by atoms with van der Waals surface area (Å²) < 4.78 is 11.3. The van der Waals surface area contributed by atoms with E-state index in [9.17, 15) is 9.90 Å². The van der Waals surface area contributed by atoms with Crippen LogP contribution < -0.4 is 0 Å². The Morgan fingerprint density at radius 2 is 1.68 bits per heavy atom. The number of esters is 1. The van der Waals surface area contributed by atoms with E-state index < -0.39 is 24.3 Å². The van der Waals surface area contributed by atoms with Gasteiger partial charge in [-0.3, -0.25) is 0 Å². The van der Waals surface area contributed by atoms with Crippen molar-refractivity contribution in [3.63, 3.8) is 0 Å². The third-order valence-corrected chi connectivity index (χ3v) is 4.80. The van der Waals surface area contributed by atoms with Crippen LogP contribution in [0.4, 0.5) is 0 Å². The van der Waals surface area contributed by atoms with Crippen molar-refractivity contribution in [2.75, 3.05) is 26.4 Å². The predicted molar refractivity (Wildman–Crippen MR) is 108 cm³/mol. The van der Waals surface area contributed by atoms with Gasteiger partial charge in [0.25, 0.3) is 0 Å². The fourth-order valence-corrected chi connectivity index (χ4v) is 3.19. The Labute approximate surface area is 168 Å². The Hall–Kier alpha value is -1.47. The van der Waals surface area contributed by atoms with Crippen LogP contribution in [0.2, 0.25) is 0 Å². The minimum Gasteiger partial charge on any atom is -0.450 e. The van der Waals surface area contributed by atoms with E-state index in [1.54, 1.807) is 0 Å². The Bertz CT molecular complexity index is 521. The molecule has 0 aliphatic rings. The van der Waals surface area contributed by atoms with Crippen LogP contribution in [0, 0.1) is 0 Å². The fourth-order valence-electron chi connectivity index (χ4n) is 3.19. The van der Waals surface area contributed by atoms with Crippen LogP contribution in [0.1, 0.15) is 63.9 Å². The first-order valence-corrected chi connectivity index (χ1v) is 10.4. The minimum absolute atomic E-state index is 0.0807. The molecule has 6 nitrogen and oxygen atoms in total. The maximum absolute atomic E-state index is 12.3. The van der Waals surface area contributed by atoms with Crippen molar-refractivity contribution >= 4 is 5.97 Å². The number of carbonyl (C=O) groups is 1. The van der Waals surface area contributed by atoms with Crippen molar-refractivity contribution in [2.45, 2.75) is 70.0 Å². The zero-order valence-corrected chi connectivity index (χ0v) is 17.0. The summed E-state index contributed by atoms with van der Waals surface area (Å²) >= 11 is 0. The Kier molecular flexibility index (Phi) is 12.7. The van der Waals surface area contributed by atoms with Crippen LogP contribution in [-0.2, 0) is 19.9 Å². The molecule has 6 heteroatoms. The highest BCUT2D eigenvalue weighted by Crippen LogP contribution is 2.33. The Morgan fingerprint density at radius 1 is 1.04 bits per heavy atom. The lowest BCUT2D eigenvalue weighted by Crippen LogP contribution is -2.41. The molecule has 1 rings (SSSR count). The second-order valence-corrected chi connectivity index (χ2v) is 7.13. The molecule has 0 saturated heterocycles. The first-order chi connectivity index (χ1) is 13.6. The maximum atomic E-state index is 12.3. The molecule has 2 atom stereocenters. The predicted octanol–water partition coefficient (Wildman–Crippen LogP) is 2.93. The largest absolute Gasteiger partial charge is 0.450 e. The lowest BCUT2D eigenvalue weighted by atomic mass is 9.88. The van der Waals surface area contributed by atoms with E-state index in [1.165, 1.54) is 25.7 Å². The van der Waals surface area contributed by atoms with Crippen LogP contribution in [0.25, 0.3) is 0 Å². The van der Waals surface area contributed by atoms with Crippen molar-refractivity contribution in [3.8, 4) is 0 Å². The Morgan fingerprint density at radius 3 is 2.29 bits per heavy atom. The molecule has 1 aromatic carbocycles. The zero-order valence-electron chi connectivity index (χ0n) is 17.0. The fraction of sp³-hybridized carbons (Fsp3) is 0.682. The van der Waals surface area contributed by atoms with Crippen molar-refractivity contribution in [3.05, 3.63) is 35.9 Å². The molecule has 0 heterocycles. The molecular formula is C22H36O6. The topological polar surface area (TPSA) is 96.2 Å². The summed E-state index contributed by atoms with van der Waals surface area (Å²) in [7, 11) is 0. The van der Waals surface area contributed by atoms with E-state index in [1.807, 2.05) is 30.3 Å². The molecule has 2 unspecified atom stereocenters. The molecule has 0 spiro atoms. The van der Waals surface area contributed by atoms with Gasteiger partial charge in [0.2, 0.25) is 0 Å². The van der Waals surface area contributed by atoms with Gasteiger partial charge in [-0.2, -0.15) is 0 Å². The second kappa shape index (κ2) is 14.5. The van der Waals surface area contributed by atoms with Crippen molar-refractivity contribution in [2.24, 2.45) is 0 Å². The standard InChI is InChI=1S/C22H36O6/c1-2-3-4-5-6-7-11-14-22(18-27-16-15-23,19-12-9-8-10-13-19)28-21(26)20(25)17-24/h8-10,12-13,20,23-25H,2-7,11,14-18H2,1H3. The van der Waals surface area contributed by atoms with Crippen molar-refractivity contribution in [1.29, 1.82) is 0 Å². The summed E-state index contributed by atoms with van der Waals surface area (Å²) in [5, 5.41) is 27.8. The van der Waals surface area contributed by atoms with Gasteiger partial charge >= 0.3 is 5.97 Å². The second-order valence-electron chi connectivity index (χ2n) is 7.13. The molecule has 0 aliphatic heterocycles. The summed E-state index contributed by atoms with van der Waals surface area (Å²) in [5.74, 6) is -0.873. The molecule has 28 heavy (non-hydrogen) atoms. The average Bonchev–Trinajstić information content (AvgIpc) is 2.73. The summed E-state index contributed by atoms with van der Waals surface area (Å²) in [6, 6.07) is 9.32. The molecule has 0 fully saturated rings. The van der Waals surface area contributed by atoms with E-state index in [4.69, 9.17) is 19.7 Å². The van der Waals surface area contributed by atoms with E-state index in [0.29, 0.717) is 6.42 Å². The lowest BCUT2D eigenvalue weighted by molar-refractivity contribution is -0.182. The van der Waals surface area contributed by atoms with Gasteiger partial charge in [0, 0.05) is 0 Å². The zero-order chi connectivity index (χ0) is 20.7. The lowest BCUT2D eigenvalue weighted by Gasteiger charge is -2.34. The molecule has 0 bridgehead atoms. The number of benzene rings is 1. The van der Waals surface area contributed by atoms with Crippen LogP contribution >= 0.6 is 0 Å².